The largest absolute Gasteiger partial charge is 0.345 e. The van der Waals surface area contributed by atoms with Crippen LogP contribution in [0.5, 0.6) is 0 Å². The van der Waals surface area contributed by atoms with Gasteiger partial charge in [0.15, 0.2) is 0 Å². The highest BCUT2D eigenvalue weighted by molar-refractivity contribution is 6.11. The molecule has 2 heteroatoms. The van der Waals surface area contributed by atoms with Gasteiger partial charge in [0.05, 0.1) is 16.4 Å². The number of nitrogens with zero attached hydrogens (tertiary/aromatic N) is 2. The minimum Gasteiger partial charge on any atom is -0.345 e. The van der Waals surface area contributed by atoms with Gasteiger partial charge in [0.1, 0.15) is 0 Å². The van der Waals surface area contributed by atoms with Crippen LogP contribution in [0.15, 0.2) is 188 Å². The summed E-state index contributed by atoms with van der Waals surface area (Å²) in [5.41, 5.74) is 18.8. The van der Waals surface area contributed by atoms with E-state index in [2.05, 4.69) is 205 Å². The van der Waals surface area contributed by atoms with Crippen molar-refractivity contribution < 1.29 is 0 Å². The summed E-state index contributed by atoms with van der Waals surface area (Å²) in [6.45, 7) is 0. The number of aromatic nitrogens is 1. The monoisotopic (exact) mass is 662 g/mol. The first-order valence-corrected chi connectivity index (χ1v) is 18.1. The molecule has 2 aliphatic carbocycles. The number of hydrogen-bond acceptors (Lipinski definition) is 1. The Morgan fingerprint density at radius 3 is 1.50 bits per heavy atom. The molecule has 8 aromatic carbocycles. The maximum atomic E-state index is 2.49. The minimum absolute atomic E-state index is 0.362. The molecular weight excluding hydrogens is 629 g/mol. The highest BCUT2D eigenvalue weighted by Gasteiger charge is 2.51. The third-order valence-corrected chi connectivity index (χ3v) is 11.6. The van der Waals surface area contributed by atoms with Crippen molar-refractivity contribution in [3.05, 3.63) is 210 Å². The fourth-order valence-electron chi connectivity index (χ4n) is 9.33. The van der Waals surface area contributed by atoms with E-state index in [-0.39, 0.29) is 5.41 Å². The Balaban J connectivity index is 1.14. The molecule has 0 saturated carbocycles. The molecular formula is C50H34N2. The van der Waals surface area contributed by atoms with Crippen LogP contribution in [0.1, 0.15) is 22.3 Å². The zero-order chi connectivity index (χ0) is 34.4. The quantitative estimate of drug-likeness (QED) is 0.182. The summed E-state index contributed by atoms with van der Waals surface area (Å²) in [5, 5.41) is 2.49. The first-order valence-electron chi connectivity index (χ1n) is 18.1. The lowest BCUT2D eigenvalue weighted by atomic mass is 9.70. The van der Waals surface area contributed by atoms with Crippen molar-refractivity contribution in [2.45, 2.75) is 5.41 Å². The molecule has 0 aliphatic heterocycles. The summed E-state index contributed by atoms with van der Waals surface area (Å²) in [6.07, 6.45) is 0. The second-order valence-electron chi connectivity index (χ2n) is 14.1. The molecule has 244 valence electrons. The van der Waals surface area contributed by atoms with Gasteiger partial charge in [0.2, 0.25) is 0 Å². The Labute approximate surface area is 303 Å². The highest BCUT2D eigenvalue weighted by atomic mass is 15.1. The molecule has 0 N–H and O–H groups in total. The van der Waals surface area contributed by atoms with Crippen LogP contribution in [0.25, 0.3) is 60.9 Å². The van der Waals surface area contributed by atoms with Crippen molar-refractivity contribution in [1.82, 2.24) is 4.57 Å². The minimum atomic E-state index is -0.362. The van der Waals surface area contributed by atoms with Crippen LogP contribution in [0.3, 0.4) is 0 Å². The molecule has 11 rings (SSSR count). The summed E-state index contributed by atoms with van der Waals surface area (Å²) in [5.74, 6) is 0. The van der Waals surface area contributed by atoms with Crippen LogP contribution in [0, 0.1) is 0 Å². The lowest BCUT2D eigenvalue weighted by molar-refractivity contribution is 0.794. The van der Waals surface area contributed by atoms with Crippen LogP contribution in [0.2, 0.25) is 0 Å². The van der Waals surface area contributed by atoms with Gasteiger partial charge in [-0.15, -0.1) is 0 Å². The molecule has 0 saturated heterocycles. The fourth-order valence-corrected chi connectivity index (χ4v) is 9.33. The summed E-state index contributed by atoms with van der Waals surface area (Å²) in [4.78, 5) is 2.27. The molecule has 0 unspecified atom stereocenters. The average Bonchev–Trinajstić information content (AvgIpc) is 3.82. The second-order valence-corrected chi connectivity index (χ2v) is 14.1. The van der Waals surface area contributed by atoms with Crippen molar-refractivity contribution in [2.24, 2.45) is 0 Å². The van der Waals surface area contributed by atoms with Gasteiger partial charge >= 0.3 is 0 Å². The lowest BCUT2D eigenvalue weighted by Crippen LogP contribution is -2.25. The number of fused-ring (bicyclic) bond motifs is 13. The molecule has 1 heterocycles. The summed E-state index contributed by atoms with van der Waals surface area (Å²) < 4.78 is 2.40. The average molecular weight is 663 g/mol. The van der Waals surface area contributed by atoms with Crippen LogP contribution in [0.4, 0.5) is 11.4 Å². The maximum Gasteiger partial charge on any atom is 0.0725 e. The summed E-state index contributed by atoms with van der Waals surface area (Å²) in [7, 11) is 2.15. The van der Waals surface area contributed by atoms with E-state index >= 15 is 0 Å². The van der Waals surface area contributed by atoms with E-state index in [9.17, 15) is 0 Å². The lowest BCUT2D eigenvalue weighted by Gasteiger charge is -2.30. The Hall–Kier alpha value is -6.64. The SMILES string of the molecule is CN(c1ccccc1)c1ccc2c(c1)c1cc(-c3ccc4c(c3)C3(c5ccccc5-c5ccccc53)c3ccccc3-4)ccc1n2-c1ccccc1. The number of benzene rings is 8. The summed E-state index contributed by atoms with van der Waals surface area (Å²) in [6, 6.07) is 69.5. The second kappa shape index (κ2) is 10.9. The van der Waals surface area contributed by atoms with Gasteiger partial charge in [-0.25, -0.2) is 0 Å². The normalized spacial score (nSPS) is 13.2. The molecule has 0 atom stereocenters. The van der Waals surface area contributed by atoms with Gasteiger partial charge in [-0.2, -0.15) is 0 Å². The van der Waals surface area contributed by atoms with E-state index < -0.39 is 0 Å². The smallest absolute Gasteiger partial charge is 0.0725 e. The predicted octanol–water partition coefficient (Wildman–Crippen LogP) is 12.6. The Bertz CT molecular complexity index is 2800. The standard InChI is InChI=1S/C50H34N2/c1-51(35-14-4-2-5-15-35)37-26-29-49-43(32-37)42-30-33(25-28-48(42)52(49)36-16-6-3-7-17-36)34-24-27-41-40-20-10-13-23-46(40)50(47(41)31-34)44-21-11-8-18-38(44)39-19-9-12-22-45(39)50/h2-32H,1H3. The van der Waals surface area contributed by atoms with E-state index in [0.717, 1.165) is 17.1 Å². The summed E-state index contributed by atoms with van der Waals surface area (Å²) >= 11 is 0. The van der Waals surface area contributed by atoms with Crippen LogP contribution >= 0.6 is 0 Å². The topological polar surface area (TPSA) is 8.17 Å². The van der Waals surface area contributed by atoms with Gasteiger partial charge in [-0.05, 0) is 116 Å². The molecule has 1 spiro atoms. The predicted molar refractivity (Wildman–Crippen MR) is 217 cm³/mol. The van der Waals surface area contributed by atoms with Crippen molar-refractivity contribution in [1.29, 1.82) is 0 Å². The van der Waals surface area contributed by atoms with Gasteiger partial charge < -0.3 is 9.47 Å². The molecule has 2 nitrogen and oxygen atoms in total. The molecule has 2 aliphatic rings. The van der Waals surface area contributed by atoms with Crippen molar-refractivity contribution in [3.63, 3.8) is 0 Å². The van der Waals surface area contributed by atoms with Crippen LogP contribution in [-0.2, 0) is 5.41 Å². The van der Waals surface area contributed by atoms with Crippen molar-refractivity contribution in [3.8, 4) is 39.1 Å². The molecule has 52 heavy (non-hydrogen) atoms. The third-order valence-electron chi connectivity index (χ3n) is 11.6. The van der Waals surface area contributed by atoms with Crippen molar-refractivity contribution >= 4 is 33.2 Å². The van der Waals surface area contributed by atoms with Crippen LogP contribution < -0.4 is 4.90 Å². The van der Waals surface area contributed by atoms with Gasteiger partial charge in [0.25, 0.3) is 0 Å². The molecule has 0 bridgehead atoms. The van der Waals surface area contributed by atoms with E-state index in [1.54, 1.807) is 0 Å². The molecule has 9 aromatic rings. The van der Waals surface area contributed by atoms with Gasteiger partial charge in [-0.1, -0.05) is 127 Å². The molecule has 0 radical (unpaired) electrons. The molecule has 0 fully saturated rings. The Morgan fingerprint density at radius 2 is 0.865 bits per heavy atom. The van der Waals surface area contributed by atoms with E-state index in [4.69, 9.17) is 0 Å². The fraction of sp³-hybridized carbons (Fsp3) is 0.0400. The first-order chi connectivity index (χ1) is 25.7. The molecule has 0 amide bonds. The third kappa shape index (κ3) is 3.89. The van der Waals surface area contributed by atoms with E-state index in [1.807, 2.05) is 0 Å². The first kappa shape index (κ1) is 29.1. The van der Waals surface area contributed by atoms with Crippen LogP contribution in [-0.4, -0.2) is 11.6 Å². The number of para-hydroxylation sites is 2. The number of rotatable bonds is 4. The van der Waals surface area contributed by atoms with E-state index in [0.29, 0.717) is 0 Å². The molecule has 1 aromatic heterocycles. The highest BCUT2D eigenvalue weighted by Crippen LogP contribution is 2.63. The van der Waals surface area contributed by atoms with Gasteiger partial charge in [0, 0.05) is 34.9 Å². The number of anilines is 2. The zero-order valence-corrected chi connectivity index (χ0v) is 28.8. The zero-order valence-electron chi connectivity index (χ0n) is 28.8. The van der Waals surface area contributed by atoms with E-state index in [1.165, 1.54) is 77.4 Å². The Kier molecular flexibility index (Phi) is 6.12. The maximum absolute atomic E-state index is 2.49. The number of hydrogen-bond donors (Lipinski definition) is 0. The van der Waals surface area contributed by atoms with Gasteiger partial charge in [-0.3, -0.25) is 0 Å². The Morgan fingerprint density at radius 1 is 0.385 bits per heavy atom. The van der Waals surface area contributed by atoms with Crippen molar-refractivity contribution in [2.75, 3.05) is 11.9 Å².